The van der Waals surface area contributed by atoms with E-state index in [1.165, 1.54) is 6.07 Å². The van der Waals surface area contributed by atoms with Crippen LogP contribution in [-0.2, 0) is 4.79 Å². The Kier molecular flexibility index (Phi) is 3.97. The van der Waals surface area contributed by atoms with Crippen molar-refractivity contribution in [2.24, 2.45) is 0 Å². The minimum Gasteiger partial charge on any atom is -0.481 e. The predicted molar refractivity (Wildman–Crippen MR) is 58.5 cm³/mol. The number of hydrogen-bond donors (Lipinski definition) is 2. The largest absolute Gasteiger partial charge is 0.481 e. The van der Waals surface area contributed by atoms with E-state index in [-0.39, 0.29) is 18.7 Å². The zero-order valence-electron chi connectivity index (χ0n) is 9.07. The minimum atomic E-state index is -1.03. The van der Waals surface area contributed by atoms with Crippen LogP contribution < -0.4 is 5.32 Å². The summed E-state index contributed by atoms with van der Waals surface area (Å²) in [6, 6.07) is 2.46. The summed E-state index contributed by atoms with van der Waals surface area (Å²) in [5.74, 6) is -1.97. The van der Waals surface area contributed by atoms with Crippen LogP contribution >= 0.6 is 0 Å². The van der Waals surface area contributed by atoms with Crippen molar-refractivity contribution in [1.29, 1.82) is 0 Å². The second kappa shape index (κ2) is 5.24. The van der Waals surface area contributed by atoms with Gasteiger partial charge in [-0.3, -0.25) is 14.9 Å². The highest BCUT2D eigenvalue weighted by Crippen LogP contribution is 2.28. The van der Waals surface area contributed by atoms with E-state index in [4.69, 9.17) is 5.11 Å². The van der Waals surface area contributed by atoms with E-state index in [1.807, 2.05) is 0 Å². The number of nitro benzene ring substituents is 1. The van der Waals surface area contributed by atoms with Crippen molar-refractivity contribution >= 4 is 17.3 Å². The quantitative estimate of drug-likeness (QED) is 0.607. The maximum Gasteiger partial charge on any atom is 0.327 e. The van der Waals surface area contributed by atoms with Crippen molar-refractivity contribution < 1.29 is 19.2 Å². The summed E-state index contributed by atoms with van der Waals surface area (Å²) in [4.78, 5) is 20.1. The first-order valence-corrected chi connectivity index (χ1v) is 4.82. The van der Waals surface area contributed by atoms with Gasteiger partial charge in [0.15, 0.2) is 0 Å². The Morgan fingerprint density at radius 2 is 2.24 bits per heavy atom. The zero-order valence-corrected chi connectivity index (χ0v) is 9.07. The highest BCUT2D eigenvalue weighted by atomic mass is 19.1. The number of halogens is 1. The molecule has 1 aromatic carbocycles. The summed E-state index contributed by atoms with van der Waals surface area (Å²) in [5.41, 5.74) is -0.152. The van der Waals surface area contributed by atoms with Crippen molar-refractivity contribution in [2.75, 3.05) is 11.9 Å². The number of benzene rings is 1. The molecular formula is C10H11FN2O4. The smallest absolute Gasteiger partial charge is 0.327 e. The number of hydrogen-bond acceptors (Lipinski definition) is 4. The summed E-state index contributed by atoms with van der Waals surface area (Å²) in [6.07, 6.45) is -0.202. The van der Waals surface area contributed by atoms with E-state index in [1.54, 1.807) is 6.92 Å². The molecule has 92 valence electrons. The SMILES string of the molecule is Cc1cc(F)c([N+](=O)[O-])c(NCCC(=O)O)c1. The Hall–Kier alpha value is -2.18. The number of anilines is 1. The monoisotopic (exact) mass is 242 g/mol. The lowest BCUT2D eigenvalue weighted by Crippen LogP contribution is -2.10. The maximum atomic E-state index is 13.3. The van der Waals surface area contributed by atoms with Crippen LogP contribution in [0.3, 0.4) is 0 Å². The molecule has 0 amide bonds. The average molecular weight is 242 g/mol. The van der Waals surface area contributed by atoms with Crippen LogP contribution in [0.25, 0.3) is 0 Å². The predicted octanol–water partition coefficient (Wildman–Crippen LogP) is 1.93. The maximum absolute atomic E-state index is 13.3. The summed E-state index contributed by atoms with van der Waals surface area (Å²) in [5, 5.41) is 21.6. The van der Waals surface area contributed by atoms with E-state index >= 15 is 0 Å². The number of nitro groups is 1. The van der Waals surface area contributed by atoms with Crippen molar-refractivity contribution in [3.63, 3.8) is 0 Å². The van der Waals surface area contributed by atoms with Gasteiger partial charge in [-0.2, -0.15) is 4.39 Å². The average Bonchev–Trinajstić information content (AvgIpc) is 2.14. The van der Waals surface area contributed by atoms with Gasteiger partial charge in [-0.05, 0) is 24.6 Å². The Balaban J connectivity index is 2.96. The molecule has 0 heterocycles. The topological polar surface area (TPSA) is 92.5 Å². The third kappa shape index (κ3) is 3.40. The first-order chi connectivity index (χ1) is 7.91. The Morgan fingerprint density at radius 3 is 2.76 bits per heavy atom. The first-order valence-electron chi connectivity index (χ1n) is 4.82. The van der Waals surface area contributed by atoms with Crippen LogP contribution in [0.4, 0.5) is 15.8 Å². The third-order valence-corrected chi connectivity index (χ3v) is 2.04. The molecule has 0 spiro atoms. The molecule has 0 bridgehead atoms. The molecule has 0 saturated carbocycles. The number of carboxylic acids is 1. The van der Waals surface area contributed by atoms with Gasteiger partial charge in [0.25, 0.3) is 0 Å². The van der Waals surface area contributed by atoms with Crippen LogP contribution in [0, 0.1) is 22.9 Å². The minimum absolute atomic E-state index is 0.000926. The fourth-order valence-corrected chi connectivity index (χ4v) is 1.36. The van der Waals surface area contributed by atoms with Crippen LogP contribution in [0.1, 0.15) is 12.0 Å². The second-order valence-electron chi connectivity index (χ2n) is 3.47. The number of carboxylic acid groups (broad SMARTS) is 1. The number of nitrogens with one attached hydrogen (secondary N) is 1. The van der Waals surface area contributed by atoms with Gasteiger partial charge in [0, 0.05) is 6.54 Å². The van der Waals surface area contributed by atoms with Crippen molar-refractivity contribution in [1.82, 2.24) is 0 Å². The molecule has 0 aliphatic heterocycles. The lowest BCUT2D eigenvalue weighted by molar-refractivity contribution is -0.386. The molecule has 0 aliphatic rings. The standard InChI is InChI=1S/C10H11FN2O4/c1-6-4-7(11)10(13(16)17)8(5-6)12-3-2-9(14)15/h4-5,12H,2-3H2,1H3,(H,14,15). The molecule has 0 atom stereocenters. The Morgan fingerprint density at radius 1 is 1.59 bits per heavy atom. The summed E-state index contributed by atoms with van der Waals surface area (Å²) < 4.78 is 13.3. The molecule has 1 rings (SSSR count). The molecule has 6 nitrogen and oxygen atoms in total. The number of rotatable bonds is 5. The van der Waals surface area contributed by atoms with Gasteiger partial charge in [-0.15, -0.1) is 0 Å². The number of carbonyl (C=O) groups is 1. The molecule has 0 aromatic heterocycles. The van der Waals surface area contributed by atoms with Crippen molar-refractivity contribution in [3.8, 4) is 0 Å². The molecule has 0 saturated heterocycles. The summed E-state index contributed by atoms with van der Waals surface area (Å²) in [7, 11) is 0. The number of aliphatic carboxylic acids is 1. The van der Waals surface area contributed by atoms with Gasteiger partial charge in [0.05, 0.1) is 11.3 Å². The highest BCUT2D eigenvalue weighted by Gasteiger charge is 2.20. The third-order valence-electron chi connectivity index (χ3n) is 2.04. The van der Waals surface area contributed by atoms with Gasteiger partial charge in [0.1, 0.15) is 5.69 Å². The van der Waals surface area contributed by atoms with Gasteiger partial charge in [0.2, 0.25) is 5.82 Å². The van der Waals surface area contributed by atoms with E-state index in [9.17, 15) is 19.3 Å². The van der Waals surface area contributed by atoms with Crippen LogP contribution in [0.15, 0.2) is 12.1 Å². The number of nitrogens with zero attached hydrogens (tertiary/aromatic N) is 1. The summed E-state index contributed by atoms with van der Waals surface area (Å²) in [6.45, 7) is 1.59. The number of aryl methyl sites for hydroxylation is 1. The van der Waals surface area contributed by atoms with Gasteiger partial charge in [-0.25, -0.2) is 0 Å². The van der Waals surface area contributed by atoms with Gasteiger partial charge < -0.3 is 10.4 Å². The highest BCUT2D eigenvalue weighted by molar-refractivity contribution is 5.68. The summed E-state index contributed by atoms with van der Waals surface area (Å²) >= 11 is 0. The molecule has 7 heteroatoms. The van der Waals surface area contributed by atoms with Gasteiger partial charge in [-0.1, -0.05) is 0 Å². The van der Waals surface area contributed by atoms with Crippen molar-refractivity contribution in [2.45, 2.75) is 13.3 Å². The fraction of sp³-hybridized carbons (Fsp3) is 0.300. The first kappa shape index (κ1) is 12.9. The molecule has 1 aromatic rings. The van der Waals surface area contributed by atoms with Gasteiger partial charge >= 0.3 is 11.7 Å². The zero-order chi connectivity index (χ0) is 13.0. The molecule has 17 heavy (non-hydrogen) atoms. The van der Waals surface area contributed by atoms with Crippen LogP contribution in [0.2, 0.25) is 0 Å². The van der Waals surface area contributed by atoms with Crippen LogP contribution in [0.5, 0.6) is 0 Å². The fourth-order valence-electron chi connectivity index (χ4n) is 1.36. The van der Waals surface area contributed by atoms with Crippen LogP contribution in [-0.4, -0.2) is 22.5 Å². The molecule has 0 aliphatic carbocycles. The van der Waals surface area contributed by atoms with E-state index in [2.05, 4.69) is 5.32 Å². The second-order valence-corrected chi connectivity index (χ2v) is 3.47. The van der Waals surface area contributed by atoms with E-state index in [0.717, 1.165) is 6.07 Å². The Labute approximate surface area is 96.2 Å². The van der Waals surface area contributed by atoms with E-state index < -0.39 is 22.4 Å². The molecular weight excluding hydrogens is 231 g/mol. The Bertz CT molecular complexity index is 462. The normalized spacial score (nSPS) is 10.0. The molecule has 0 unspecified atom stereocenters. The molecule has 2 N–H and O–H groups in total. The molecule has 0 fully saturated rings. The van der Waals surface area contributed by atoms with Crippen molar-refractivity contribution in [3.05, 3.63) is 33.6 Å². The molecule has 0 radical (unpaired) electrons. The lowest BCUT2D eigenvalue weighted by Gasteiger charge is -2.07. The van der Waals surface area contributed by atoms with E-state index in [0.29, 0.717) is 5.56 Å². The lowest BCUT2D eigenvalue weighted by atomic mass is 10.2.